The lowest BCUT2D eigenvalue weighted by molar-refractivity contribution is 0.0907. The number of amides is 1. The predicted molar refractivity (Wildman–Crippen MR) is 102 cm³/mol. The zero-order valence-corrected chi connectivity index (χ0v) is 16.4. The molecule has 1 aromatic heterocycles. The molecule has 2 heterocycles. The number of benzene rings is 1. The fourth-order valence-electron chi connectivity index (χ4n) is 3.36. The van der Waals surface area contributed by atoms with E-state index in [0.717, 1.165) is 23.5 Å². The summed E-state index contributed by atoms with van der Waals surface area (Å²) in [6, 6.07) is 10.6. The summed E-state index contributed by atoms with van der Waals surface area (Å²) in [7, 11) is 1.81. The largest absolute Gasteiger partial charge is 0.349 e. The van der Waals surface area contributed by atoms with Crippen molar-refractivity contribution >= 4 is 21.8 Å². The average molecular weight is 405 g/mol. The van der Waals surface area contributed by atoms with Crippen LogP contribution in [-0.4, -0.2) is 40.2 Å². The molecule has 1 aliphatic rings. The van der Waals surface area contributed by atoms with Gasteiger partial charge in [-0.2, -0.15) is 5.10 Å². The smallest absolute Gasteiger partial charge is 0.273 e. The predicted octanol–water partition coefficient (Wildman–Crippen LogP) is 3.39. The summed E-state index contributed by atoms with van der Waals surface area (Å²) in [4.78, 5) is 15.0. The van der Waals surface area contributed by atoms with E-state index in [1.54, 1.807) is 10.9 Å². The number of rotatable bonds is 5. The van der Waals surface area contributed by atoms with Crippen LogP contribution >= 0.6 is 15.9 Å². The number of halogens is 1. The van der Waals surface area contributed by atoms with Gasteiger partial charge in [0.25, 0.3) is 5.91 Å². The maximum Gasteiger partial charge on any atom is 0.273 e. The van der Waals surface area contributed by atoms with Crippen LogP contribution in [0.25, 0.3) is 0 Å². The van der Waals surface area contributed by atoms with Crippen molar-refractivity contribution in [3.63, 3.8) is 0 Å². The normalized spacial score (nSPS) is 17.4. The number of likely N-dealkylation sites (tertiary alicyclic amines) is 1. The van der Waals surface area contributed by atoms with Gasteiger partial charge in [0, 0.05) is 19.8 Å². The number of piperidine rings is 1. The Morgan fingerprint density at radius 3 is 2.60 bits per heavy atom. The molecule has 1 aliphatic heterocycles. The van der Waals surface area contributed by atoms with Gasteiger partial charge in [0.2, 0.25) is 0 Å². The second kappa shape index (κ2) is 8.15. The van der Waals surface area contributed by atoms with Gasteiger partial charge in [0.1, 0.15) is 0 Å². The van der Waals surface area contributed by atoms with Crippen molar-refractivity contribution in [2.45, 2.75) is 25.8 Å². The Morgan fingerprint density at radius 2 is 2.00 bits per heavy atom. The molecule has 1 saturated heterocycles. The number of aryl methyl sites for hydroxylation is 1. The van der Waals surface area contributed by atoms with Gasteiger partial charge in [-0.05, 0) is 53.3 Å². The molecule has 0 radical (unpaired) electrons. The van der Waals surface area contributed by atoms with Gasteiger partial charge >= 0.3 is 0 Å². The summed E-state index contributed by atoms with van der Waals surface area (Å²) < 4.78 is 2.36. The number of nitrogens with zero attached hydrogens (tertiary/aromatic N) is 3. The van der Waals surface area contributed by atoms with Gasteiger partial charge < -0.3 is 5.32 Å². The van der Waals surface area contributed by atoms with Gasteiger partial charge in [-0.3, -0.25) is 14.4 Å². The minimum absolute atomic E-state index is 0.140. The van der Waals surface area contributed by atoms with E-state index in [1.165, 1.54) is 18.4 Å². The van der Waals surface area contributed by atoms with E-state index in [1.807, 2.05) is 13.1 Å². The van der Waals surface area contributed by atoms with Crippen LogP contribution in [0.3, 0.4) is 0 Å². The molecule has 1 unspecified atom stereocenters. The van der Waals surface area contributed by atoms with Crippen LogP contribution in [0.2, 0.25) is 0 Å². The molecule has 2 aromatic rings. The first kappa shape index (κ1) is 18.1. The Kier molecular flexibility index (Phi) is 5.91. The van der Waals surface area contributed by atoms with E-state index in [-0.39, 0.29) is 11.9 Å². The molecule has 1 fully saturated rings. The number of hydrogen-bond donors (Lipinski definition) is 1. The van der Waals surface area contributed by atoms with E-state index in [0.29, 0.717) is 12.2 Å². The lowest BCUT2D eigenvalue weighted by atomic mass is 9.95. The lowest BCUT2D eigenvalue weighted by Crippen LogP contribution is -2.42. The molecule has 1 N–H and O–H groups in total. The summed E-state index contributed by atoms with van der Waals surface area (Å²) in [5.74, 6) is 0.644. The van der Waals surface area contributed by atoms with Crippen molar-refractivity contribution in [1.29, 1.82) is 0 Å². The minimum Gasteiger partial charge on any atom is -0.349 e. The molecule has 3 rings (SSSR count). The monoisotopic (exact) mass is 404 g/mol. The van der Waals surface area contributed by atoms with Crippen molar-refractivity contribution in [1.82, 2.24) is 20.0 Å². The molecule has 6 heteroatoms. The van der Waals surface area contributed by atoms with Crippen molar-refractivity contribution in [2.24, 2.45) is 13.0 Å². The molecule has 0 spiro atoms. The number of carbonyl (C=O) groups excluding carboxylic acids is 1. The van der Waals surface area contributed by atoms with Crippen LogP contribution in [0.15, 0.2) is 41.0 Å². The van der Waals surface area contributed by atoms with Crippen LogP contribution in [-0.2, 0) is 7.05 Å². The van der Waals surface area contributed by atoms with Crippen LogP contribution in [0.4, 0.5) is 0 Å². The first-order valence-electron chi connectivity index (χ1n) is 8.81. The molecule has 25 heavy (non-hydrogen) atoms. The Labute approximate surface area is 157 Å². The molecule has 1 atom stereocenters. The molecule has 134 valence electrons. The third-order valence-electron chi connectivity index (χ3n) is 4.90. The highest BCUT2D eigenvalue weighted by molar-refractivity contribution is 9.10. The maximum atomic E-state index is 12.5. The highest BCUT2D eigenvalue weighted by atomic mass is 79.9. The van der Waals surface area contributed by atoms with Crippen LogP contribution < -0.4 is 5.32 Å². The van der Waals surface area contributed by atoms with E-state index in [9.17, 15) is 4.79 Å². The summed E-state index contributed by atoms with van der Waals surface area (Å²) in [6.07, 6.45) is 4.21. The first-order chi connectivity index (χ1) is 12.0. The molecule has 0 bridgehead atoms. The van der Waals surface area contributed by atoms with Crippen LogP contribution in [0, 0.1) is 5.92 Å². The Hall–Kier alpha value is -1.66. The zero-order chi connectivity index (χ0) is 17.8. The van der Waals surface area contributed by atoms with Gasteiger partial charge in [-0.15, -0.1) is 0 Å². The molecule has 1 aromatic carbocycles. The van der Waals surface area contributed by atoms with Gasteiger partial charge in [0.15, 0.2) is 5.69 Å². The maximum absolute atomic E-state index is 12.5. The molecule has 5 nitrogen and oxygen atoms in total. The van der Waals surface area contributed by atoms with E-state index < -0.39 is 0 Å². The second-order valence-electron chi connectivity index (χ2n) is 6.85. The zero-order valence-electron chi connectivity index (χ0n) is 14.8. The van der Waals surface area contributed by atoms with Gasteiger partial charge in [-0.25, -0.2) is 0 Å². The number of nitrogens with one attached hydrogen (secondary N) is 1. The number of hydrogen-bond acceptors (Lipinski definition) is 3. The second-order valence-corrected chi connectivity index (χ2v) is 7.71. The highest BCUT2D eigenvalue weighted by Gasteiger charge is 2.25. The van der Waals surface area contributed by atoms with Crippen molar-refractivity contribution in [2.75, 3.05) is 19.6 Å². The fraction of sp³-hybridized carbons (Fsp3) is 0.474. The quantitative estimate of drug-likeness (QED) is 0.830. The molecule has 0 saturated carbocycles. The molecule has 1 amide bonds. The van der Waals surface area contributed by atoms with E-state index >= 15 is 0 Å². The molecular weight excluding hydrogens is 380 g/mol. The van der Waals surface area contributed by atoms with Gasteiger partial charge in [0.05, 0.1) is 10.5 Å². The Morgan fingerprint density at radius 1 is 1.32 bits per heavy atom. The third kappa shape index (κ3) is 4.50. The number of carbonyl (C=O) groups is 1. The van der Waals surface area contributed by atoms with Crippen molar-refractivity contribution < 1.29 is 4.79 Å². The first-order valence-corrected chi connectivity index (χ1v) is 9.60. The summed E-state index contributed by atoms with van der Waals surface area (Å²) in [6.45, 7) is 5.04. The van der Waals surface area contributed by atoms with Crippen LogP contribution in [0.5, 0.6) is 0 Å². The lowest BCUT2D eigenvalue weighted by Gasteiger charge is -2.37. The minimum atomic E-state index is -0.140. The SMILES string of the molecule is CC1CCN(C(CNC(=O)c2nn(C)cc2Br)c2ccccc2)CC1. The number of aromatic nitrogens is 2. The van der Waals surface area contributed by atoms with E-state index in [2.05, 4.69) is 62.4 Å². The fourth-order valence-corrected chi connectivity index (χ4v) is 3.92. The Bertz CT molecular complexity index is 707. The van der Waals surface area contributed by atoms with Crippen molar-refractivity contribution in [3.05, 3.63) is 52.3 Å². The summed E-state index contributed by atoms with van der Waals surface area (Å²) >= 11 is 3.40. The van der Waals surface area contributed by atoms with Crippen LogP contribution in [0.1, 0.15) is 41.9 Å². The van der Waals surface area contributed by atoms with E-state index in [4.69, 9.17) is 0 Å². The average Bonchev–Trinajstić information content (AvgIpc) is 2.96. The Balaban J connectivity index is 1.71. The van der Waals surface area contributed by atoms with Crippen molar-refractivity contribution in [3.8, 4) is 0 Å². The molecular formula is C19H25BrN4O. The third-order valence-corrected chi connectivity index (χ3v) is 5.48. The highest BCUT2D eigenvalue weighted by Crippen LogP contribution is 2.26. The topological polar surface area (TPSA) is 50.2 Å². The summed E-state index contributed by atoms with van der Waals surface area (Å²) in [5.41, 5.74) is 1.68. The standard InChI is InChI=1S/C19H25BrN4O/c1-14-8-10-24(11-9-14)17(15-6-4-3-5-7-15)12-21-19(25)18-16(20)13-23(2)22-18/h3-7,13-14,17H,8-12H2,1-2H3,(H,21,25). The van der Waals surface area contributed by atoms with Gasteiger partial charge in [-0.1, -0.05) is 37.3 Å². The molecule has 0 aliphatic carbocycles. The summed E-state index contributed by atoms with van der Waals surface area (Å²) in [5, 5.41) is 7.30.